The van der Waals surface area contributed by atoms with Crippen LogP contribution < -0.4 is 5.73 Å². The highest BCUT2D eigenvalue weighted by Crippen LogP contribution is 2.19. The summed E-state index contributed by atoms with van der Waals surface area (Å²) in [6.45, 7) is 9.94. The van der Waals surface area contributed by atoms with Crippen LogP contribution >= 0.6 is 12.4 Å². The molecule has 1 amide bonds. The van der Waals surface area contributed by atoms with Crippen LogP contribution in [0.4, 0.5) is 0 Å². The Bertz CT molecular complexity index is 557. The predicted molar refractivity (Wildman–Crippen MR) is 103 cm³/mol. The Morgan fingerprint density at radius 2 is 1.58 bits per heavy atom. The fourth-order valence-corrected chi connectivity index (χ4v) is 5.21. The van der Waals surface area contributed by atoms with Gasteiger partial charge < -0.3 is 15.4 Å². The summed E-state index contributed by atoms with van der Waals surface area (Å²) in [5, 5.41) is 0. The largest absolute Gasteiger partial charge is 0.373 e. The van der Waals surface area contributed by atoms with Gasteiger partial charge in [0.25, 0.3) is 10.2 Å². The van der Waals surface area contributed by atoms with Gasteiger partial charge >= 0.3 is 0 Å². The third-order valence-corrected chi connectivity index (χ3v) is 6.60. The molecule has 0 spiro atoms. The van der Waals surface area contributed by atoms with Gasteiger partial charge in [-0.2, -0.15) is 17.0 Å². The maximum Gasteiger partial charge on any atom is 0.282 e. The highest BCUT2D eigenvalue weighted by atomic mass is 35.5. The van der Waals surface area contributed by atoms with E-state index in [-0.39, 0.29) is 30.5 Å². The Hall–Kier alpha value is -0.450. The number of rotatable bonds is 5. The molecule has 2 saturated heterocycles. The number of carbonyl (C=O) groups excluding carboxylic acids is 1. The number of hydrogen-bond acceptors (Lipinski definition) is 5. The van der Waals surface area contributed by atoms with Crippen molar-refractivity contribution < 1.29 is 17.9 Å². The first kappa shape index (κ1) is 23.6. The van der Waals surface area contributed by atoms with Crippen molar-refractivity contribution in [2.75, 3.05) is 39.3 Å². The van der Waals surface area contributed by atoms with E-state index in [1.807, 2.05) is 27.7 Å². The summed E-state index contributed by atoms with van der Waals surface area (Å²) in [7, 11) is -3.52. The highest BCUT2D eigenvalue weighted by molar-refractivity contribution is 7.86. The van der Waals surface area contributed by atoms with Crippen molar-refractivity contribution in [1.29, 1.82) is 0 Å². The second kappa shape index (κ2) is 9.66. The Morgan fingerprint density at radius 3 is 2.04 bits per heavy atom. The van der Waals surface area contributed by atoms with Crippen LogP contribution in [0.15, 0.2) is 0 Å². The van der Waals surface area contributed by atoms with E-state index in [1.54, 1.807) is 4.90 Å². The molecule has 2 aliphatic rings. The maximum absolute atomic E-state index is 12.9. The van der Waals surface area contributed by atoms with Crippen LogP contribution in [0.3, 0.4) is 0 Å². The van der Waals surface area contributed by atoms with Gasteiger partial charge in [-0.3, -0.25) is 4.79 Å². The minimum absolute atomic E-state index is 0. The van der Waals surface area contributed by atoms with E-state index in [0.717, 1.165) is 0 Å². The van der Waals surface area contributed by atoms with E-state index in [1.165, 1.54) is 8.61 Å². The van der Waals surface area contributed by atoms with Gasteiger partial charge in [-0.15, -0.1) is 12.4 Å². The number of piperazine rings is 1. The summed E-state index contributed by atoms with van der Waals surface area (Å²) in [5.41, 5.74) is 5.97. The Labute approximate surface area is 163 Å². The normalized spacial score (nSPS) is 27.2. The molecule has 8 nitrogen and oxygen atoms in total. The van der Waals surface area contributed by atoms with Gasteiger partial charge in [-0.25, -0.2) is 0 Å². The molecule has 0 aliphatic carbocycles. The smallest absolute Gasteiger partial charge is 0.282 e. The van der Waals surface area contributed by atoms with E-state index < -0.39 is 16.3 Å². The average molecular weight is 413 g/mol. The second-order valence-electron chi connectivity index (χ2n) is 7.54. The third kappa shape index (κ3) is 5.77. The zero-order valence-electron chi connectivity index (χ0n) is 16.1. The molecule has 0 aromatic rings. The molecule has 2 fully saturated rings. The topological polar surface area (TPSA) is 96.2 Å². The van der Waals surface area contributed by atoms with Crippen LogP contribution in [0.1, 0.15) is 34.1 Å². The number of nitrogens with zero attached hydrogens (tertiary/aromatic N) is 3. The van der Waals surface area contributed by atoms with Gasteiger partial charge in [0.1, 0.15) is 0 Å². The van der Waals surface area contributed by atoms with Crippen LogP contribution in [0.5, 0.6) is 0 Å². The average Bonchev–Trinajstić information content (AvgIpc) is 2.52. The van der Waals surface area contributed by atoms with Crippen LogP contribution in [-0.2, 0) is 19.7 Å². The van der Waals surface area contributed by atoms with Gasteiger partial charge in [0.15, 0.2) is 0 Å². The van der Waals surface area contributed by atoms with Crippen molar-refractivity contribution >= 4 is 28.5 Å². The molecule has 0 bridgehead atoms. The van der Waals surface area contributed by atoms with Crippen molar-refractivity contribution in [2.45, 2.75) is 52.4 Å². The van der Waals surface area contributed by atoms with Crippen LogP contribution in [0, 0.1) is 5.92 Å². The molecule has 0 aromatic heterocycles. The molecule has 26 heavy (non-hydrogen) atoms. The Kier molecular flexibility index (Phi) is 8.76. The van der Waals surface area contributed by atoms with E-state index in [0.29, 0.717) is 51.6 Å². The van der Waals surface area contributed by atoms with Crippen LogP contribution in [0.25, 0.3) is 0 Å². The number of carbonyl (C=O) groups is 1. The molecule has 154 valence electrons. The van der Waals surface area contributed by atoms with E-state index in [4.69, 9.17) is 10.5 Å². The van der Waals surface area contributed by atoms with Crippen molar-refractivity contribution in [3.05, 3.63) is 0 Å². The molecule has 2 unspecified atom stereocenters. The Balaban J connectivity index is 0.00000338. The lowest BCUT2D eigenvalue weighted by molar-refractivity contribution is -0.134. The maximum atomic E-state index is 12.9. The van der Waals surface area contributed by atoms with Gasteiger partial charge in [-0.1, -0.05) is 13.8 Å². The minimum Gasteiger partial charge on any atom is -0.373 e. The summed E-state index contributed by atoms with van der Waals surface area (Å²) >= 11 is 0. The highest BCUT2D eigenvalue weighted by Gasteiger charge is 2.37. The molecular weight excluding hydrogens is 380 g/mol. The SMILES string of the molecule is CC(C)C[C@H](N)C(=O)N1CCN(S(=O)(=O)N2CC(C)OC(C)C2)CC1.Cl. The monoisotopic (exact) mass is 412 g/mol. The lowest BCUT2D eigenvalue weighted by atomic mass is 10.0. The number of amides is 1. The zero-order valence-corrected chi connectivity index (χ0v) is 17.8. The number of hydrogen-bond donors (Lipinski definition) is 1. The van der Waals surface area contributed by atoms with Crippen molar-refractivity contribution in [3.8, 4) is 0 Å². The fourth-order valence-electron chi connectivity index (χ4n) is 3.46. The van der Waals surface area contributed by atoms with Crippen LogP contribution in [0.2, 0.25) is 0 Å². The lowest BCUT2D eigenvalue weighted by Gasteiger charge is -2.40. The summed E-state index contributed by atoms with van der Waals surface area (Å²) in [6, 6.07) is -0.510. The predicted octanol–water partition coefficient (Wildman–Crippen LogP) is 0.280. The Morgan fingerprint density at radius 1 is 1.08 bits per heavy atom. The van der Waals surface area contributed by atoms with Gasteiger partial charge in [-0.05, 0) is 26.2 Å². The first-order chi connectivity index (χ1) is 11.6. The van der Waals surface area contributed by atoms with E-state index in [9.17, 15) is 13.2 Å². The molecule has 2 aliphatic heterocycles. The number of morpholine rings is 1. The number of nitrogens with two attached hydrogens (primary N) is 1. The summed E-state index contributed by atoms with van der Waals surface area (Å²) in [4.78, 5) is 14.1. The molecule has 3 atom stereocenters. The molecule has 10 heteroatoms. The molecule has 0 aromatic carbocycles. The third-order valence-electron chi connectivity index (χ3n) is 4.63. The molecule has 2 heterocycles. The van der Waals surface area contributed by atoms with Crippen molar-refractivity contribution in [2.24, 2.45) is 11.7 Å². The molecular formula is C16H33ClN4O4S. The molecule has 2 N–H and O–H groups in total. The summed E-state index contributed by atoms with van der Waals surface area (Å²) in [6.07, 6.45) is 0.409. The minimum atomic E-state index is -3.52. The first-order valence-corrected chi connectivity index (χ1v) is 10.5. The number of ether oxygens (including phenoxy) is 1. The van der Waals surface area contributed by atoms with Crippen molar-refractivity contribution in [1.82, 2.24) is 13.5 Å². The van der Waals surface area contributed by atoms with Gasteiger partial charge in [0.2, 0.25) is 5.91 Å². The molecule has 2 rings (SSSR count). The van der Waals surface area contributed by atoms with E-state index >= 15 is 0 Å². The standard InChI is InChI=1S/C16H32N4O4S.ClH/c1-12(2)9-15(17)16(21)18-5-7-19(8-6-18)25(22,23)20-10-13(3)24-14(4)11-20;/h12-15H,5-11,17H2,1-4H3;1H/t13?,14?,15-;/m0./s1. The summed E-state index contributed by atoms with van der Waals surface area (Å²) < 4.78 is 34.3. The van der Waals surface area contributed by atoms with Crippen molar-refractivity contribution in [3.63, 3.8) is 0 Å². The lowest BCUT2D eigenvalue weighted by Crippen LogP contribution is -2.59. The zero-order chi connectivity index (χ0) is 18.8. The first-order valence-electron chi connectivity index (χ1n) is 9.06. The van der Waals surface area contributed by atoms with Gasteiger partial charge in [0, 0.05) is 39.3 Å². The summed E-state index contributed by atoms with van der Waals surface area (Å²) in [5.74, 6) is 0.269. The quantitative estimate of drug-likeness (QED) is 0.699. The fraction of sp³-hybridized carbons (Fsp3) is 0.938. The van der Waals surface area contributed by atoms with Crippen LogP contribution in [-0.4, -0.2) is 85.4 Å². The second-order valence-corrected chi connectivity index (χ2v) is 9.47. The number of halogens is 1. The molecule has 0 saturated carbocycles. The van der Waals surface area contributed by atoms with Gasteiger partial charge in [0.05, 0.1) is 18.2 Å². The molecule has 0 radical (unpaired) electrons. The van der Waals surface area contributed by atoms with E-state index in [2.05, 4.69) is 0 Å².